The summed E-state index contributed by atoms with van der Waals surface area (Å²) in [4.78, 5) is 5.47. The van der Waals surface area contributed by atoms with E-state index in [1.807, 2.05) is 6.07 Å². The van der Waals surface area contributed by atoms with E-state index < -0.39 is 0 Å². The van der Waals surface area contributed by atoms with E-state index in [0.29, 0.717) is 5.82 Å². The SMILES string of the molecule is Cn1ncc(-c2ccc(N)nc2)n1. The number of nitrogen functional groups attached to an aromatic ring is 1. The Morgan fingerprint density at radius 1 is 1.31 bits per heavy atom. The van der Waals surface area contributed by atoms with Crippen LogP contribution in [0.4, 0.5) is 5.82 Å². The summed E-state index contributed by atoms with van der Waals surface area (Å²) in [6.07, 6.45) is 3.37. The molecule has 2 rings (SSSR count). The number of hydrogen-bond donors (Lipinski definition) is 1. The maximum absolute atomic E-state index is 5.46. The second kappa shape index (κ2) is 2.85. The Morgan fingerprint density at radius 2 is 2.15 bits per heavy atom. The van der Waals surface area contributed by atoms with Gasteiger partial charge in [0, 0.05) is 18.8 Å². The molecule has 0 aliphatic rings. The summed E-state index contributed by atoms with van der Waals surface area (Å²) >= 11 is 0. The first-order valence-corrected chi connectivity index (χ1v) is 3.84. The molecule has 2 aromatic rings. The van der Waals surface area contributed by atoms with Crippen molar-refractivity contribution >= 4 is 5.82 Å². The number of hydrogen-bond acceptors (Lipinski definition) is 4. The zero-order valence-electron chi connectivity index (χ0n) is 7.18. The van der Waals surface area contributed by atoms with Gasteiger partial charge >= 0.3 is 0 Å². The van der Waals surface area contributed by atoms with Crippen molar-refractivity contribution in [2.24, 2.45) is 7.05 Å². The van der Waals surface area contributed by atoms with Crippen molar-refractivity contribution in [3.8, 4) is 11.3 Å². The van der Waals surface area contributed by atoms with Gasteiger partial charge in [0.1, 0.15) is 11.5 Å². The number of aryl methyl sites for hydroxylation is 1. The fraction of sp³-hybridized carbons (Fsp3) is 0.125. The Labute approximate surface area is 75.2 Å². The first-order valence-electron chi connectivity index (χ1n) is 3.84. The minimum absolute atomic E-state index is 0.507. The molecule has 5 heteroatoms. The van der Waals surface area contributed by atoms with Crippen molar-refractivity contribution in [2.45, 2.75) is 0 Å². The first-order chi connectivity index (χ1) is 6.25. The zero-order valence-corrected chi connectivity index (χ0v) is 7.18. The molecule has 0 atom stereocenters. The third kappa shape index (κ3) is 1.48. The number of pyridine rings is 1. The number of aromatic nitrogens is 4. The third-order valence-corrected chi connectivity index (χ3v) is 1.68. The summed E-state index contributed by atoms with van der Waals surface area (Å²) in [5, 5.41) is 8.10. The highest BCUT2D eigenvalue weighted by Crippen LogP contribution is 2.14. The van der Waals surface area contributed by atoms with Gasteiger partial charge in [-0.2, -0.15) is 15.0 Å². The molecule has 66 valence electrons. The van der Waals surface area contributed by atoms with E-state index in [9.17, 15) is 0 Å². The molecule has 0 aromatic carbocycles. The van der Waals surface area contributed by atoms with Gasteiger partial charge in [-0.1, -0.05) is 0 Å². The Balaban J connectivity index is 2.41. The lowest BCUT2D eigenvalue weighted by Crippen LogP contribution is -1.92. The van der Waals surface area contributed by atoms with Crippen molar-refractivity contribution < 1.29 is 0 Å². The highest BCUT2D eigenvalue weighted by atomic mass is 15.4. The molecule has 0 saturated carbocycles. The lowest BCUT2D eigenvalue weighted by Gasteiger charge is -1.94. The molecule has 0 bridgehead atoms. The van der Waals surface area contributed by atoms with Crippen molar-refractivity contribution in [3.63, 3.8) is 0 Å². The molecule has 0 saturated heterocycles. The van der Waals surface area contributed by atoms with Gasteiger partial charge in [-0.05, 0) is 12.1 Å². The summed E-state index contributed by atoms with van der Waals surface area (Å²) < 4.78 is 0. The van der Waals surface area contributed by atoms with Crippen LogP contribution in [-0.2, 0) is 7.05 Å². The summed E-state index contributed by atoms with van der Waals surface area (Å²) in [5.41, 5.74) is 7.18. The van der Waals surface area contributed by atoms with Crippen molar-refractivity contribution in [3.05, 3.63) is 24.5 Å². The molecule has 0 aliphatic heterocycles. The molecule has 0 spiro atoms. The van der Waals surface area contributed by atoms with Gasteiger partial charge in [-0.15, -0.1) is 0 Å². The van der Waals surface area contributed by atoms with E-state index >= 15 is 0 Å². The van der Waals surface area contributed by atoms with Gasteiger partial charge in [0.05, 0.1) is 6.20 Å². The molecule has 2 heterocycles. The molecule has 2 aromatic heterocycles. The van der Waals surface area contributed by atoms with Gasteiger partial charge in [0.15, 0.2) is 0 Å². The van der Waals surface area contributed by atoms with Crippen LogP contribution < -0.4 is 5.73 Å². The van der Waals surface area contributed by atoms with E-state index in [-0.39, 0.29) is 0 Å². The third-order valence-electron chi connectivity index (χ3n) is 1.68. The average Bonchev–Trinajstić information content (AvgIpc) is 2.53. The number of rotatable bonds is 1. The quantitative estimate of drug-likeness (QED) is 0.683. The van der Waals surface area contributed by atoms with Crippen LogP contribution in [0.5, 0.6) is 0 Å². The van der Waals surface area contributed by atoms with Crippen LogP contribution in [0.2, 0.25) is 0 Å². The van der Waals surface area contributed by atoms with E-state index in [1.165, 1.54) is 4.80 Å². The standard InChI is InChI=1S/C8H9N5/c1-13-11-5-7(12-13)6-2-3-8(9)10-4-6/h2-5H,1H3,(H2,9,10). The summed E-state index contributed by atoms with van der Waals surface area (Å²) in [7, 11) is 1.77. The molecule has 0 fully saturated rings. The largest absolute Gasteiger partial charge is 0.384 e. The lowest BCUT2D eigenvalue weighted by molar-refractivity contribution is 0.655. The van der Waals surface area contributed by atoms with E-state index in [4.69, 9.17) is 5.73 Å². The van der Waals surface area contributed by atoms with E-state index in [2.05, 4.69) is 15.2 Å². The summed E-state index contributed by atoms with van der Waals surface area (Å²) in [5.74, 6) is 0.507. The number of nitrogens with two attached hydrogens (primary N) is 1. The van der Waals surface area contributed by atoms with Gasteiger partial charge < -0.3 is 5.73 Å². The molecule has 0 radical (unpaired) electrons. The van der Waals surface area contributed by atoms with Crippen LogP contribution in [0.1, 0.15) is 0 Å². The molecule has 2 N–H and O–H groups in total. The molecule has 0 amide bonds. The van der Waals surface area contributed by atoms with Gasteiger partial charge in [0.25, 0.3) is 0 Å². The van der Waals surface area contributed by atoms with Crippen LogP contribution in [0.3, 0.4) is 0 Å². The monoisotopic (exact) mass is 175 g/mol. The molecular formula is C8H9N5. The van der Waals surface area contributed by atoms with Gasteiger partial charge in [-0.3, -0.25) is 0 Å². The van der Waals surface area contributed by atoms with Gasteiger partial charge in [-0.25, -0.2) is 4.98 Å². The summed E-state index contributed by atoms with van der Waals surface area (Å²) in [6.45, 7) is 0. The van der Waals surface area contributed by atoms with Crippen LogP contribution in [-0.4, -0.2) is 20.0 Å². The fourth-order valence-electron chi connectivity index (χ4n) is 1.03. The zero-order chi connectivity index (χ0) is 9.26. The molecule has 13 heavy (non-hydrogen) atoms. The Kier molecular flexibility index (Phi) is 1.70. The highest BCUT2D eigenvalue weighted by molar-refractivity contribution is 5.57. The second-order valence-corrected chi connectivity index (χ2v) is 2.69. The molecule has 0 aliphatic carbocycles. The average molecular weight is 175 g/mol. The number of nitrogens with zero attached hydrogens (tertiary/aromatic N) is 4. The Morgan fingerprint density at radius 3 is 2.69 bits per heavy atom. The van der Waals surface area contributed by atoms with Crippen LogP contribution in [0.25, 0.3) is 11.3 Å². The minimum atomic E-state index is 0.507. The number of anilines is 1. The van der Waals surface area contributed by atoms with Crippen LogP contribution in [0.15, 0.2) is 24.5 Å². The van der Waals surface area contributed by atoms with E-state index in [0.717, 1.165) is 11.3 Å². The highest BCUT2D eigenvalue weighted by Gasteiger charge is 2.01. The van der Waals surface area contributed by atoms with Crippen LogP contribution in [0, 0.1) is 0 Å². The lowest BCUT2D eigenvalue weighted by atomic mass is 10.2. The Bertz CT molecular complexity index is 403. The first kappa shape index (κ1) is 7.72. The predicted octanol–water partition coefficient (Wildman–Crippen LogP) is 0.459. The Hall–Kier alpha value is -1.91. The van der Waals surface area contributed by atoms with Gasteiger partial charge in [0.2, 0.25) is 0 Å². The van der Waals surface area contributed by atoms with Crippen molar-refractivity contribution in [1.29, 1.82) is 0 Å². The normalized spacial score (nSPS) is 10.2. The molecular weight excluding hydrogens is 166 g/mol. The van der Waals surface area contributed by atoms with Crippen LogP contribution >= 0.6 is 0 Å². The van der Waals surface area contributed by atoms with Crippen molar-refractivity contribution in [1.82, 2.24) is 20.0 Å². The topological polar surface area (TPSA) is 69.6 Å². The summed E-state index contributed by atoms with van der Waals surface area (Å²) in [6, 6.07) is 3.61. The minimum Gasteiger partial charge on any atom is -0.384 e. The second-order valence-electron chi connectivity index (χ2n) is 2.69. The van der Waals surface area contributed by atoms with E-state index in [1.54, 1.807) is 25.5 Å². The molecule has 5 nitrogen and oxygen atoms in total. The molecule has 0 unspecified atom stereocenters. The maximum atomic E-state index is 5.46. The maximum Gasteiger partial charge on any atom is 0.123 e. The van der Waals surface area contributed by atoms with Crippen molar-refractivity contribution in [2.75, 3.05) is 5.73 Å². The smallest absolute Gasteiger partial charge is 0.123 e. The predicted molar refractivity (Wildman–Crippen MR) is 48.6 cm³/mol. The fourth-order valence-corrected chi connectivity index (χ4v) is 1.03.